The van der Waals surface area contributed by atoms with Gasteiger partial charge < -0.3 is 5.11 Å². The van der Waals surface area contributed by atoms with E-state index >= 15 is 0 Å². The van der Waals surface area contributed by atoms with Crippen LogP contribution in [0.2, 0.25) is 0 Å². The van der Waals surface area contributed by atoms with Crippen molar-refractivity contribution in [3.05, 3.63) is 35.4 Å². The van der Waals surface area contributed by atoms with Crippen molar-refractivity contribution in [1.29, 1.82) is 0 Å². The first kappa shape index (κ1) is 16.0. The molecule has 122 valence electrons. The molecule has 0 spiro atoms. The second-order valence-electron chi connectivity index (χ2n) is 7.26. The highest BCUT2D eigenvalue weighted by atomic mass is 16.3. The molecule has 1 saturated heterocycles. The Morgan fingerprint density at radius 2 is 1.68 bits per heavy atom. The van der Waals surface area contributed by atoms with Crippen molar-refractivity contribution in [2.75, 3.05) is 32.7 Å². The van der Waals surface area contributed by atoms with Gasteiger partial charge in [-0.15, -0.1) is 0 Å². The van der Waals surface area contributed by atoms with Crippen molar-refractivity contribution in [1.82, 2.24) is 9.80 Å². The van der Waals surface area contributed by atoms with Crippen molar-refractivity contribution >= 4 is 0 Å². The summed E-state index contributed by atoms with van der Waals surface area (Å²) in [6, 6.07) is 9.36. The first-order valence-electron chi connectivity index (χ1n) is 8.88. The fraction of sp³-hybridized carbons (Fsp3) is 0.684. The van der Waals surface area contributed by atoms with Crippen molar-refractivity contribution in [3.63, 3.8) is 0 Å². The van der Waals surface area contributed by atoms with Crippen LogP contribution in [0.3, 0.4) is 0 Å². The smallest absolute Gasteiger partial charge is 0.0916 e. The molecule has 1 saturated carbocycles. The summed E-state index contributed by atoms with van der Waals surface area (Å²) in [5.41, 5.74) is 2.39. The molecule has 1 aromatic rings. The average molecular weight is 302 g/mol. The Balaban J connectivity index is 1.53. The number of hydrogen-bond donors (Lipinski definition) is 1. The van der Waals surface area contributed by atoms with Gasteiger partial charge in [0.25, 0.3) is 0 Å². The van der Waals surface area contributed by atoms with Gasteiger partial charge >= 0.3 is 0 Å². The Morgan fingerprint density at radius 1 is 1.00 bits per heavy atom. The van der Waals surface area contributed by atoms with Crippen molar-refractivity contribution in [2.45, 2.75) is 51.2 Å². The monoisotopic (exact) mass is 302 g/mol. The SMILES string of the molecule is CC(C)c1ccc([C@H](O)CN2CCCN(C3CC3)CC2)cc1. The second kappa shape index (κ2) is 7.12. The Bertz CT molecular complexity index is 467. The highest BCUT2D eigenvalue weighted by molar-refractivity contribution is 5.26. The summed E-state index contributed by atoms with van der Waals surface area (Å²) in [7, 11) is 0. The summed E-state index contributed by atoms with van der Waals surface area (Å²) in [6.45, 7) is 9.79. The third-order valence-electron chi connectivity index (χ3n) is 5.11. The molecule has 1 aromatic carbocycles. The molecule has 3 rings (SSSR count). The van der Waals surface area contributed by atoms with Gasteiger partial charge in [-0.2, -0.15) is 0 Å². The highest BCUT2D eigenvalue weighted by Crippen LogP contribution is 2.27. The largest absolute Gasteiger partial charge is 0.387 e. The molecule has 1 aliphatic heterocycles. The minimum Gasteiger partial charge on any atom is -0.387 e. The van der Waals surface area contributed by atoms with Gasteiger partial charge in [0.15, 0.2) is 0 Å². The van der Waals surface area contributed by atoms with Crippen LogP contribution in [0, 0.1) is 0 Å². The zero-order chi connectivity index (χ0) is 15.5. The zero-order valence-electron chi connectivity index (χ0n) is 14.0. The summed E-state index contributed by atoms with van der Waals surface area (Å²) in [5.74, 6) is 0.546. The van der Waals surface area contributed by atoms with Crippen molar-refractivity contribution < 1.29 is 5.11 Å². The van der Waals surface area contributed by atoms with Crippen LogP contribution in [0.25, 0.3) is 0 Å². The normalized spacial score (nSPS) is 22.7. The number of nitrogens with zero attached hydrogens (tertiary/aromatic N) is 2. The first-order valence-corrected chi connectivity index (χ1v) is 8.88. The number of hydrogen-bond acceptors (Lipinski definition) is 3. The molecule has 1 N–H and O–H groups in total. The molecule has 0 bridgehead atoms. The van der Waals surface area contributed by atoms with E-state index in [1.54, 1.807) is 0 Å². The molecular weight excluding hydrogens is 272 g/mol. The third kappa shape index (κ3) is 4.09. The summed E-state index contributed by atoms with van der Waals surface area (Å²) in [5, 5.41) is 10.5. The summed E-state index contributed by atoms with van der Waals surface area (Å²) < 4.78 is 0. The fourth-order valence-corrected chi connectivity index (χ4v) is 3.43. The van der Waals surface area contributed by atoms with Gasteiger partial charge in [-0.1, -0.05) is 38.1 Å². The van der Waals surface area contributed by atoms with Crippen molar-refractivity contribution in [2.24, 2.45) is 0 Å². The van der Waals surface area contributed by atoms with Gasteiger partial charge in [0.05, 0.1) is 6.10 Å². The number of β-amino-alcohol motifs (C(OH)–C–C–N with tert-alkyl or cyclic N) is 1. The average Bonchev–Trinajstić information content (AvgIpc) is 3.34. The third-order valence-corrected chi connectivity index (χ3v) is 5.11. The van der Waals surface area contributed by atoms with Gasteiger partial charge in [-0.3, -0.25) is 9.80 Å². The molecule has 0 unspecified atom stereocenters. The van der Waals surface area contributed by atoms with Crippen LogP contribution in [0.15, 0.2) is 24.3 Å². The Kier molecular flexibility index (Phi) is 5.17. The molecule has 1 aliphatic carbocycles. The van der Waals surface area contributed by atoms with E-state index in [2.05, 4.69) is 47.9 Å². The van der Waals surface area contributed by atoms with E-state index in [1.807, 2.05) is 0 Å². The Morgan fingerprint density at radius 3 is 2.32 bits per heavy atom. The lowest BCUT2D eigenvalue weighted by Gasteiger charge is -2.24. The Hall–Kier alpha value is -0.900. The van der Waals surface area contributed by atoms with Crippen LogP contribution in [-0.2, 0) is 0 Å². The molecule has 0 radical (unpaired) electrons. The van der Waals surface area contributed by atoms with Gasteiger partial charge in [-0.05, 0) is 49.4 Å². The molecule has 3 heteroatoms. The molecule has 0 aromatic heterocycles. The molecule has 1 heterocycles. The van der Waals surface area contributed by atoms with E-state index in [4.69, 9.17) is 0 Å². The zero-order valence-corrected chi connectivity index (χ0v) is 14.0. The van der Waals surface area contributed by atoms with Gasteiger partial charge in [0.2, 0.25) is 0 Å². The molecule has 0 amide bonds. The van der Waals surface area contributed by atoms with Crippen LogP contribution in [0.4, 0.5) is 0 Å². The minimum atomic E-state index is -0.367. The van der Waals surface area contributed by atoms with Gasteiger partial charge in [-0.25, -0.2) is 0 Å². The van der Waals surface area contributed by atoms with Crippen molar-refractivity contribution in [3.8, 4) is 0 Å². The van der Waals surface area contributed by atoms with Crippen LogP contribution in [-0.4, -0.2) is 53.7 Å². The van der Waals surface area contributed by atoms with Gasteiger partial charge in [0.1, 0.15) is 0 Å². The van der Waals surface area contributed by atoms with E-state index < -0.39 is 0 Å². The maximum atomic E-state index is 10.5. The maximum Gasteiger partial charge on any atom is 0.0916 e. The lowest BCUT2D eigenvalue weighted by Crippen LogP contribution is -2.34. The molecule has 2 fully saturated rings. The number of aliphatic hydroxyl groups is 1. The lowest BCUT2D eigenvalue weighted by molar-refractivity contribution is 0.114. The van der Waals surface area contributed by atoms with E-state index in [0.717, 1.165) is 31.2 Å². The number of benzene rings is 1. The standard InChI is InChI=1S/C19H30N2O/c1-15(2)16-4-6-17(7-5-16)19(22)14-20-10-3-11-21(13-12-20)18-8-9-18/h4-7,15,18-19,22H,3,8-14H2,1-2H3/t19-/m1/s1. The van der Waals surface area contributed by atoms with E-state index in [1.165, 1.54) is 37.9 Å². The second-order valence-corrected chi connectivity index (χ2v) is 7.26. The highest BCUT2D eigenvalue weighted by Gasteiger charge is 2.30. The quantitative estimate of drug-likeness (QED) is 0.906. The molecule has 2 aliphatic rings. The number of aliphatic hydroxyl groups excluding tert-OH is 1. The molecular formula is C19H30N2O. The van der Waals surface area contributed by atoms with Crippen LogP contribution < -0.4 is 0 Å². The predicted octanol–water partition coefficient (Wildman–Crippen LogP) is 3.01. The molecule has 1 atom stereocenters. The first-order chi connectivity index (χ1) is 10.6. The molecule has 22 heavy (non-hydrogen) atoms. The van der Waals surface area contributed by atoms with Crippen LogP contribution in [0.1, 0.15) is 56.3 Å². The predicted molar refractivity (Wildman–Crippen MR) is 91.1 cm³/mol. The van der Waals surface area contributed by atoms with E-state index in [-0.39, 0.29) is 6.10 Å². The minimum absolute atomic E-state index is 0.367. The van der Waals surface area contributed by atoms with Crippen LogP contribution >= 0.6 is 0 Å². The number of rotatable bonds is 5. The van der Waals surface area contributed by atoms with Crippen LogP contribution in [0.5, 0.6) is 0 Å². The lowest BCUT2D eigenvalue weighted by atomic mass is 10.00. The topological polar surface area (TPSA) is 26.7 Å². The summed E-state index contributed by atoms with van der Waals surface area (Å²) in [6.07, 6.45) is 3.65. The van der Waals surface area contributed by atoms with E-state index in [0.29, 0.717) is 5.92 Å². The summed E-state index contributed by atoms with van der Waals surface area (Å²) >= 11 is 0. The maximum absolute atomic E-state index is 10.5. The Labute approximate surface area is 134 Å². The molecule has 3 nitrogen and oxygen atoms in total. The summed E-state index contributed by atoms with van der Waals surface area (Å²) in [4.78, 5) is 5.08. The van der Waals surface area contributed by atoms with Gasteiger partial charge in [0, 0.05) is 25.7 Å². The van der Waals surface area contributed by atoms with E-state index in [9.17, 15) is 5.11 Å². The fourth-order valence-electron chi connectivity index (χ4n) is 3.43.